The van der Waals surface area contributed by atoms with E-state index in [0.717, 1.165) is 22.3 Å². The van der Waals surface area contributed by atoms with E-state index in [1.807, 2.05) is 36.4 Å². The third-order valence-corrected chi connectivity index (χ3v) is 4.00. The quantitative estimate of drug-likeness (QED) is 0.749. The minimum Gasteiger partial charge on any atom is -0.489 e. The van der Waals surface area contributed by atoms with Gasteiger partial charge >= 0.3 is 11.7 Å². The zero-order valence-corrected chi connectivity index (χ0v) is 12.0. The van der Waals surface area contributed by atoms with Gasteiger partial charge < -0.3 is 14.4 Å². The highest BCUT2D eigenvalue weighted by molar-refractivity contribution is 5.88. The van der Waals surface area contributed by atoms with E-state index >= 15 is 0 Å². The summed E-state index contributed by atoms with van der Waals surface area (Å²) in [4.78, 5) is 12.0. The van der Waals surface area contributed by atoms with E-state index in [2.05, 4.69) is 27.0 Å². The van der Waals surface area contributed by atoms with Crippen LogP contribution in [0.2, 0.25) is 0 Å². The van der Waals surface area contributed by atoms with Crippen molar-refractivity contribution in [3.63, 3.8) is 0 Å². The Labute approximate surface area is 131 Å². The van der Waals surface area contributed by atoms with Crippen molar-refractivity contribution in [1.82, 2.24) is 10.4 Å². The first-order valence-corrected chi connectivity index (χ1v) is 7.12. The molecular weight excluding hydrogens is 296 g/mol. The Bertz CT molecular complexity index is 842. The van der Waals surface area contributed by atoms with Crippen molar-refractivity contribution in [1.29, 1.82) is 0 Å². The monoisotopic (exact) mass is 308 g/mol. The molecule has 0 saturated heterocycles. The van der Waals surface area contributed by atoms with E-state index in [0.29, 0.717) is 0 Å². The molecule has 6 heteroatoms. The molecular formula is C17H12N2O4. The van der Waals surface area contributed by atoms with Crippen LogP contribution in [0.3, 0.4) is 0 Å². The SMILES string of the molecule is O=C(OCC1c2ccccc2-c2ccccc21)c1onnc1O. The number of ether oxygens (including phenoxy) is 1. The molecule has 6 nitrogen and oxygen atoms in total. The molecule has 1 aromatic heterocycles. The number of carbonyl (C=O) groups excluding carboxylic acids is 1. The number of rotatable bonds is 3. The molecule has 4 rings (SSSR count). The molecule has 0 fully saturated rings. The number of esters is 1. The first kappa shape index (κ1) is 13.5. The van der Waals surface area contributed by atoms with Gasteiger partial charge in [0.1, 0.15) is 6.61 Å². The van der Waals surface area contributed by atoms with Gasteiger partial charge in [-0.3, -0.25) is 0 Å². The van der Waals surface area contributed by atoms with Crippen LogP contribution in [0.1, 0.15) is 27.6 Å². The van der Waals surface area contributed by atoms with E-state index in [9.17, 15) is 9.90 Å². The summed E-state index contributed by atoms with van der Waals surface area (Å²) < 4.78 is 9.89. The van der Waals surface area contributed by atoms with Crippen LogP contribution in [-0.4, -0.2) is 28.1 Å². The van der Waals surface area contributed by atoms with Crippen molar-refractivity contribution in [2.24, 2.45) is 0 Å². The summed E-state index contributed by atoms with van der Waals surface area (Å²) in [6, 6.07) is 16.1. The predicted molar refractivity (Wildman–Crippen MR) is 80.0 cm³/mol. The zero-order chi connectivity index (χ0) is 15.8. The molecule has 0 aliphatic heterocycles. The number of nitrogens with zero attached hydrogens (tertiary/aromatic N) is 2. The fraction of sp³-hybridized carbons (Fsp3) is 0.118. The van der Waals surface area contributed by atoms with Crippen molar-refractivity contribution in [2.75, 3.05) is 6.61 Å². The number of aromatic nitrogens is 2. The zero-order valence-electron chi connectivity index (χ0n) is 12.0. The fourth-order valence-electron chi connectivity index (χ4n) is 2.98. The van der Waals surface area contributed by atoms with Crippen LogP contribution in [0.4, 0.5) is 0 Å². The Hall–Kier alpha value is -3.15. The summed E-state index contributed by atoms with van der Waals surface area (Å²) in [6.45, 7) is 0.146. The molecule has 2 aromatic carbocycles. The topological polar surface area (TPSA) is 85.5 Å². The minimum atomic E-state index is -0.783. The van der Waals surface area contributed by atoms with E-state index < -0.39 is 11.8 Å². The third-order valence-electron chi connectivity index (χ3n) is 4.00. The van der Waals surface area contributed by atoms with Crippen LogP contribution in [0, 0.1) is 0 Å². The highest BCUT2D eigenvalue weighted by Gasteiger charge is 2.30. The number of benzene rings is 2. The molecule has 114 valence electrons. The maximum atomic E-state index is 12.0. The molecule has 1 aliphatic rings. The molecule has 23 heavy (non-hydrogen) atoms. The lowest BCUT2D eigenvalue weighted by Gasteiger charge is -2.13. The summed E-state index contributed by atoms with van der Waals surface area (Å²) in [7, 11) is 0. The van der Waals surface area contributed by atoms with Gasteiger partial charge in [-0.1, -0.05) is 53.6 Å². The van der Waals surface area contributed by atoms with Crippen molar-refractivity contribution in [2.45, 2.75) is 5.92 Å². The Balaban J connectivity index is 1.62. The molecule has 0 saturated carbocycles. The van der Waals surface area contributed by atoms with Crippen LogP contribution in [0.5, 0.6) is 5.88 Å². The second kappa shape index (κ2) is 5.24. The Morgan fingerprint density at radius 3 is 2.26 bits per heavy atom. The van der Waals surface area contributed by atoms with Gasteiger partial charge in [0.15, 0.2) is 0 Å². The van der Waals surface area contributed by atoms with E-state index in [-0.39, 0.29) is 18.3 Å². The van der Waals surface area contributed by atoms with E-state index in [1.165, 1.54) is 0 Å². The van der Waals surface area contributed by atoms with E-state index in [1.54, 1.807) is 0 Å². The first-order chi connectivity index (χ1) is 11.3. The van der Waals surface area contributed by atoms with Crippen LogP contribution < -0.4 is 0 Å². The normalized spacial score (nSPS) is 12.7. The first-order valence-electron chi connectivity index (χ1n) is 7.12. The smallest absolute Gasteiger partial charge is 0.383 e. The van der Waals surface area contributed by atoms with E-state index in [4.69, 9.17) is 4.74 Å². The highest BCUT2D eigenvalue weighted by Crippen LogP contribution is 2.44. The van der Waals surface area contributed by atoms with Crippen LogP contribution in [-0.2, 0) is 4.74 Å². The summed E-state index contributed by atoms with van der Waals surface area (Å²) in [5.41, 5.74) is 4.52. The van der Waals surface area contributed by atoms with Gasteiger partial charge in [-0.15, -0.1) is 0 Å². The second-order valence-corrected chi connectivity index (χ2v) is 5.25. The van der Waals surface area contributed by atoms with Crippen molar-refractivity contribution >= 4 is 5.97 Å². The number of hydrogen-bond acceptors (Lipinski definition) is 6. The second-order valence-electron chi connectivity index (χ2n) is 5.25. The molecule has 1 N–H and O–H groups in total. The molecule has 0 radical (unpaired) electrons. The summed E-state index contributed by atoms with van der Waals surface area (Å²) >= 11 is 0. The Morgan fingerprint density at radius 1 is 1.09 bits per heavy atom. The van der Waals surface area contributed by atoms with Crippen LogP contribution >= 0.6 is 0 Å². The average molecular weight is 308 g/mol. The lowest BCUT2D eigenvalue weighted by Crippen LogP contribution is -2.12. The maximum absolute atomic E-state index is 12.0. The van der Waals surface area contributed by atoms with Crippen LogP contribution in [0.15, 0.2) is 53.1 Å². The maximum Gasteiger partial charge on any atom is 0.383 e. The molecule has 3 aromatic rings. The predicted octanol–water partition coefficient (Wildman–Crippen LogP) is 2.74. The summed E-state index contributed by atoms with van der Waals surface area (Å²) in [5, 5.41) is 15.7. The van der Waals surface area contributed by atoms with Gasteiger partial charge in [0.2, 0.25) is 0 Å². The summed E-state index contributed by atoms with van der Waals surface area (Å²) in [5.74, 6) is -1.79. The number of hydrogen-bond donors (Lipinski definition) is 1. The molecule has 0 spiro atoms. The third kappa shape index (κ3) is 2.15. The fourth-order valence-corrected chi connectivity index (χ4v) is 2.98. The largest absolute Gasteiger partial charge is 0.489 e. The molecule has 0 bridgehead atoms. The molecule has 0 atom stereocenters. The minimum absolute atomic E-state index is 0.0515. The van der Waals surface area contributed by atoms with Gasteiger partial charge in [-0.2, -0.15) is 0 Å². The van der Waals surface area contributed by atoms with Crippen molar-refractivity contribution in [3.05, 3.63) is 65.4 Å². The van der Waals surface area contributed by atoms with Gasteiger partial charge in [0, 0.05) is 11.2 Å². The van der Waals surface area contributed by atoms with Crippen molar-refractivity contribution in [3.8, 4) is 17.0 Å². The number of fused-ring (bicyclic) bond motifs is 3. The molecule has 0 unspecified atom stereocenters. The van der Waals surface area contributed by atoms with Crippen LogP contribution in [0.25, 0.3) is 11.1 Å². The summed E-state index contributed by atoms with van der Waals surface area (Å²) in [6.07, 6.45) is 0. The standard InChI is InChI=1S/C17H12N2O4/c20-16-15(23-19-18-16)17(21)22-9-14-12-7-3-1-5-10(12)11-6-2-4-8-13(11)14/h1-8,14,20H,9H2. The molecule has 0 amide bonds. The lowest BCUT2D eigenvalue weighted by atomic mass is 9.98. The lowest BCUT2D eigenvalue weighted by molar-refractivity contribution is 0.0442. The van der Waals surface area contributed by atoms with Gasteiger partial charge in [0.25, 0.3) is 5.88 Å². The molecule has 1 heterocycles. The van der Waals surface area contributed by atoms with Gasteiger partial charge in [0.05, 0.1) is 0 Å². The Kier molecular flexibility index (Phi) is 3.08. The van der Waals surface area contributed by atoms with Gasteiger partial charge in [-0.25, -0.2) is 4.79 Å². The van der Waals surface area contributed by atoms with Gasteiger partial charge in [-0.05, 0) is 22.3 Å². The van der Waals surface area contributed by atoms with Crippen molar-refractivity contribution < 1.29 is 19.2 Å². The average Bonchev–Trinajstić information content (AvgIpc) is 3.14. The number of carbonyl (C=O) groups is 1. The molecule has 1 aliphatic carbocycles. The Morgan fingerprint density at radius 2 is 1.70 bits per heavy atom. The highest BCUT2D eigenvalue weighted by atomic mass is 16.6. The number of aromatic hydroxyl groups is 1.